The minimum Gasteiger partial charge on any atom is -0.207 e. The van der Waals surface area contributed by atoms with Crippen LogP contribution in [0.4, 0.5) is 4.39 Å². The zero-order valence-corrected chi connectivity index (χ0v) is 13.2. The van der Waals surface area contributed by atoms with Gasteiger partial charge in [0.25, 0.3) is 0 Å². The molecular weight excluding hydrogens is 301 g/mol. The van der Waals surface area contributed by atoms with Crippen molar-refractivity contribution < 1.29 is 12.8 Å². The van der Waals surface area contributed by atoms with Gasteiger partial charge in [0, 0.05) is 18.2 Å². The summed E-state index contributed by atoms with van der Waals surface area (Å²) in [5, 5.41) is 0. The van der Waals surface area contributed by atoms with Crippen molar-refractivity contribution in [2.24, 2.45) is 5.92 Å². The standard InChI is InChI=1S/C14H19ClFNO2S/c1-10-3-4-11(2)17(9-10)20(18,19)13-5-6-14(16)12(7-13)8-15/h5-7,10-11H,3-4,8-9H2,1-2H3. The lowest BCUT2D eigenvalue weighted by atomic mass is 9.97. The van der Waals surface area contributed by atoms with Crippen molar-refractivity contribution in [3.05, 3.63) is 29.6 Å². The first kappa shape index (κ1) is 15.7. The minimum absolute atomic E-state index is 0.0271. The van der Waals surface area contributed by atoms with Crippen molar-refractivity contribution in [2.75, 3.05) is 6.54 Å². The lowest BCUT2D eigenvalue weighted by Gasteiger charge is -2.35. The van der Waals surface area contributed by atoms with Gasteiger partial charge < -0.3 is 0 Å². The van der Waals surface area contributed by atoms with E-state index in [9.17, 15) is 12.8 Å². The largest absolute Gasteiger partial charge is 0.243 e. The van der Waals surface area contributed by atoms with Gasteiger partial charge in [0.15, 0.2) is 0 Å². The minimum atomic E-state index is -3.59. The highest BCUT2D eigenvalue weighted by Gasteiger charge is 2.33. The Morgan fingerprint density at radius 2 is 2.05 bits per heavy atom. The monoisotopic (exact) mass is 319 g/mol. The van der Waals surface area contributed by atoms with E-state index in [1.54, 1.807) is 0 Å². The van der Waals surface area contributed by atoms with Gasteiger partial charge in [-0.2, -0.15) is 4.31 Å². The molecule has 2 rings (SSSR count). The van der Waals surface area contributed by atoms with Crippen molar-refractivity contribution in [3.8, 4) is 0 Å². The molecule has 1 aromatic rings. The second-order valence-corrected chi connectivity index (χ2v) is 7.65. The molecule has 112 valence electrons. The van der Waals surface area contributed by atoms with Crippen molar-refractivity contribution in [2.45, 2.75) is 43.5 Å². The van der Waals surface area contributed by atoms with Gasteiger partial charge in [-0.3, -0.25) is 0 Å². The first-order valence-corrected chi connectivity index (χ1v) is 8.70. The molecule has 2 unspecified atom stereocenters. The van der Waals surface area contributed by atoms with Crippen molar-refractivity contribution >= 4 is 21.6 Å². The molecule has 0 aromatic heterocycles. The second kappa shape index (κ2) is 6.00. The van der Waals surface area contributed by atoms with E-state index in [1.807, 2.05) is 13.8 Å². The number of benzene rings is 1. The van der Waals surface area contributed by atoms with E-state index in [2.05, 4.69) is 0 Å². The van der Waals surface area contributed by atoms with Crippen LogP contribution >= 0.6 is 11.6 Å². The van der Waals surface area contributed by atoms with Gasteiger partial charge in [-0.05, 0) is 43.9 Å². The summed E-state index contributed by atoms with van der Waals surface area (Å²) in [6, 6.07) is 3.79. The molecule has 1 aromatic carbocycles. The van der Waals surface area contributed by atoms with Gasteiger partial charge in [0.05, 0.1) is 10.8 Å². The topological polar surface area (TPSA) is 37.4 Å². The third-order valence-electron chi connectivity index (χ3n) is 3.83. The van der Waals surface area contributed by atoms with Crippen LogP contribution in [-0.2, 0) is 15.9 Å². The molecule has 1 fully saturated rings. The maximum absolute atomic E-state index is 13.4. The number of hydrogen-bond donors (Lipinski definition) is 0. The molecule has 1 aliphatic rings. The number of rotatable bonds is 3. The molecule has 1 saturated heterocycles. The van der Waals surface area contributed by atoms with Crippen molar-refractivity contribution in [3.63, 3.8) is 0 Å². The zero-order valence-electron chi connectivity index (χ0n) is 11.6. The highest BCUT2D eigenvalue weighted by Crippen LogP contribution is 2.28. The molecule has 0 N–H and O–H groups in total. The number of piperidine rings is 1. The Morgan fingerprint density at radius 3 is 2.70 bits per heavy atom. The van der Waals surface area contributed by atoms with Gasteiger partial charge in [0.1, 0.15) is 5.82 Å². The molecule has 0 amide bonds. The Hall–Kier alpha value is -0.650. The van der Waals surface area contributed by atoms with Crippen LogP contribution in [0.25, 0.3) is 0 Å². The SMILES string of the molecule is CC1CCC(C)N(S(=O)(=O)c2ccc(F)c(CCl)c2)C1. The maximum Gasteiger partial charge on any atom is 0.243 e. The van der Waals surface area contributed by atoms with Gasteiger partial charge in [-0.25, -0.2) is 12.8 Å². The van der Waals surface area contributed by atoms with Gasteiger partial charge in [0.2, 0.25) is 10.0 Å². The van der Waals surface area contributed by atoms with Crippen LogP contribution in [0.1, 0.15) is 32.3 Å². The lowest BCUT2D eigenvalue weighted by molar-refractivity contribution is 0.218. The van der Waals surface area contributed by atoms with E-state index in [0.29, 0.717) is 12.5 Å². The van der Waals surface area contributed by atoms with Crippen LogP contribution < -0.4 is 0 Å². The number of nitrogens with zero attached hydrogens (tertiary/aromatic N) is 1. The number of hydrogen-bond acceptors (Lipinski definition) is 2. The third-order valence-corrected chi connectivity index (χ3v) is 6.09. The maximum atomic E-state index is 13.4. The number of halogens is 2. The molecule has 0 bridgehead atoms. The molecular formula is C14H19ClFNO2S. The predicted molar refractivity (Wildman–Crippen MR) is 77.7 cm³/mol. The van der Waals surface area contributed by atoms with Crippen LogP contribution in [-0.4, -0.2) is 25.3 Å². The van der Waals surface area contributed by atoms with E-state index < -0.39 is 15.8 Å². The highest BCUT2D eigenvalue weighted by atomic mass is 35.5. The normalized spacial score (nSPS) is 24.8. The number of alkyl halides is 1. The first-order chi connectivity index (χ1) is 9.36. The fraction of sp³-hybridized carbons (Fsp3) is 0.571. The Morgan fingerprint density at radius 1 is 1.35 bits per heavy atom. The zero-order chi connectivity index (χ0) is 14.9. The van der Waals surface area contributed by atoms with E-state index in [1.165, 1.54) is 22.5 Å². The average molecular weight is 320 g/mol. The second-order valence-electron chi connectivity index (χ2n) is 5.49. The summed E-state index contributed by atoms with van der Waals surface area (Å²) in [7, 11) is -3.59. The first-order valence-electron chi connectivity index (χ1n) is 6.72. The highest BCUT2D eigenvalue weighted by molar-refractivity contribution is 7.89. The van der Waals surface area contributed by atoms with E-state index >= 15 is 0 Å². The molecule has 3 nitrogen and oxygen atoms in total. The quantitative estimate of drug-likeness (QED) is 0.801. The molecule has 1 aliphatic heterocycles. The van der Waals surface area contributed by atoms with Gasteiger partial charge in [-0.15, -0.1) is 11.6 Å². The molecule has 2 atom stereocenters. The van der Waals surface area contributed by atoms with Gasteiger partial charge in [-0.1, -0.05) is 6.92 Å². The lowest BCUT2D eigenvalue weighted by Crippen LogP contribution is -2.44. The third kappa shape index (κ3) is 3.00. The Bertz CT molecular complexity index is 591. The van der Waals surface area contributed by atoms with Crippen LogP contribution in [0, 0.1) is 11.7 Å². The van der Waals surface area contributed by atoms with E-state index in [0.717, 1.165) is 12.8 Å². The van der Waals surface area contributed by atoms with E-state index in [4.69, 9.17) is 11.6 Å². The smallest absolute Gasteiger partial charge is 0.207 e. The molecule has 1 heterocycles. The van der Waals surface area contributed by atoms with E-state index in [-0.39, 0.29) is 22.4 Å². The molecule has 0 radical (unpaired) electrons. The summed E-state index contributed by atoms with van der Waals surface area (Å²) >= 11 is 5.64. The summed E-state index contributed by atoms with van der Waals surface area (Å²) in [5.41, 5.74) is 0.213. The summed E-state index contributed by atoms with van der Waals surface area (Å²) in [6.07, 6.45) is 1.88. The molecule has 20 heavy (non-hydrogen) atoms. The van der Waals surface area contributed by atoms with Crippen LogP contribution in [0.15, 0.2) is 23.1 Å². The molecule has 0 saturated carbocycles. The summed E-state index contributed by atoms with van der Waals surface area (Å²) < 4.78 is 40.3. The summed E-state index contributed by atoms with van der Waals surface area (Å²) in [4.78, 5) is 0.121. The fourth-order valence-corrected chi connectivity index (χ4v) is 4.57. The van der Waals surface area contributed by atoms with Crippen LogP contribution in [0.3, 0.4) is 0 Å². The predicted octanol–water partition coefficient (Wildman–Crippen LogP) is 3.37. The van der Waals surface area contributed by atoms with Gasteiger partial charge >= 0.3 is 0 Å². The number of sulfonamides is 1. The Labute approximate surface area is 124 Å². The van der Waals surface area contributed by atoms with Crippen molar-refractivity contribution in [1.82, 2.24) is 4.31 Å². The average Bonchev–Trinajstić information content (AvgIpc) is 2.41. The summed E-state index contributed by atoms with van der Waals surface area (Å²) in [5.74, 6) is -0.172. The molecule has 0 spiro atoms. The Kier molecular flexibility index (Phi) is 4.72. The molecule has 0 aliphatic carbocycles. The molecule has 6 heteroatoms. The Balaban J connectivity index is 2.39. The fourth-order valence-electron chi connectivity index (χ4n) is 2.53. The van der Waals surface area contributed by atoms with Crippen LogP contribution in [0.2, 0.25) is 0 Å². The van der Waals surface area contributed by atoms with Crippen molar-refractivity contribution in [1.29, 1.82) is 0 Å². The summed E-state index contributed by atoms with van der Waals surface area (Å²) in [6.45, 7) is 4.47. The van der Waals surface area contributed by atoms with Crippen LogP contribution in [0.5, 0.6) is 0 Å².